The normalized spacial score (nSPS) is 11.4. The molecular formula is C64H54N4O8. The average Bonchev–Trinajstić information content (AvgIpc) is 4.30. The largest absolute Gasteiger partial charge is 0.426 e. The van der Waals surface area contributed by atoms with E-state index in [-0.39, 0.29) is 25.7 Å². The number of benzene rings is 4. The minimum Gasteiger partial charge on any atom is -0.426 e. The molecule has 0 saturated heterocycles. The lowest BCUT2D eigenvalue weighted by atomic mass is 10.0. The highest BCUT2D eigenvalue weighted by Gasteiger charge is 2.25. The topological polar surface area (TPSA) is 163 Å². The Morgan fingerprint density at radius 2 is 0.579 bits per heavy atom. The van der Waals surface area contributed by atoms with E-state index in [0.717, 1.165) is 0 Å². The summed E-state index contributed by atoms with van der Waals surface area (Å²) < 4.78 is 24.4. The summed E-state index contributed by atoms with van der Waals surface area (Å²) in [4.78, 5) is 71.5. The Morgan fingerprint density at radius 1 is 0.355 bits per heavy atom. The maximum atomic E-state index is 13.3. The number of H-pyrrole nitrogens is 2. The number of hydrogen-bond acceptors (Lipinski definition) is 10. The third-order valence-corrected chi connectivity index (χ3v) is 12.5. The standard InChI is InChI=1S/C64H54N4O8/c1-5-9-29-57(69)73-53-25-17-13-21-41(53)61-45-33-35-47(65-45)62(42-22-14-18-26-54(42)74-58(70)30-10-6-2)49-37-39-51(67-49)64(44-24-16-20-28-56(44)76-60(72)32-12-8-4)52-40-38-50(68-52)63(48-36-34-46(61)66-48)43-23-15-19-27-55(43)75-59(71)31-11-7-3/h5-8,13-28,33-40,65,68H,1-4,9-12,29-32H2. The molecule has 12 nitrogen and oxygen atoms in total. The van der Waals surface area contributed by atoms with Crippen LogP contribution in [0.1, 0.15) is 74.1 Å². The summed E-state index contributed by atoms with van der Waals surface area (Å²) in [6.07, 6.45) is 16.5. The summed E-state index contributed by atoms with van der Waals surface area (Å²) in [5.41, 5.74) is 9.16. The number of fused-ring (bicyclic) bond motifs is 8. The van der Waals surface area contributed by atoms with Gasteiger partial charge in [-0.05, 0) is 98.5 Å². The summed E-state index contributed by atoms with van der Waals surface area (Å²) in [6, 6.07) is 36.8. The molecule has 7 aromatic rings. The number of aromatic nitrogens is 4. The third kappa shape index (κ3) is 11.4. The van der Waals surface area contributed by atoms with E-state index in [9.17, 15) is 19.2 Å². The number of ether oxygens (including phenoxy) is 4. The Bertz CT molecular complexity index is 3220. The Kier molecular flexibility index (Phi) is 16.1. The molecule has 0 spiro atoms. The van der Waals surface area contributed by atoms with Gasteiger partial charge >= 0.3 is 23.9 Å². The molecule has 76 heavy (non-hydrogen) atoms. The van der Waals surface area contributed by atoms with Crippen LogP contribution in [0.5, 0.6) is 23.0 Å². The Labute approximate surface area is 440 Å². The summed E-state index contributed by atoms with van der Waals surface area (Å²) in [5.74, 6) is -0.466. The van der Waals surface area contributed by atoms with Gasteiger partial charge in [-0.3, -0.25) is 19.2 Å². The van der Waals surface area contributed by atoms with Gasteiger partial charge < -0.3 is 28.9 Å². The summed E-state index contributed by atoms with van der Waals surface area (Å²) in [7, 11) is 0. The highest BCUT2D eigenvalue weighted by Crippen LogP contribution is 2.44. The van der Waals surface area contributed by atoms with Crippen LogP contribution >= 0.6 is 0 Å². The van der Waals surface area contributed by atoms with Crippen molar-refractivity contribution in [3.63, 3.8) is 0 Å². The molecule has 9 rings (SSSR count). The number of carbonyl (C=O) groups excluding carboxylic acids is 4. The van der Waals surface area contributed by atoms with Crippen LogP contribution in [0.4, 0.5) is 0 Å². The first-order valence-corrected chi connectivity index (χ1v) is 25.0. The van der Waals surface area contributed by atoms with Crippen molar-refractivity contribution < 1.29 is 38.1 Å². The van der Waals surface area contributed by atoms with Crippen molar-refractivity contribution in [3.8, 4) is 67.5 Å². The number of carbonyl (C=O) groups is 4. The lowest BCUT2D eigenvalue weighted by Gasteiger charge is -2.13. The van der Waals surface area contributed by atoms with Gasteiger partial charge in [0.25, 0.3) is 0 Å². The first-order valence-electron chi connectivity index (χ1n) is 25.0. The fourth-order valence-electron chi connectivity index (χ4n) is 8.96. The number of nitrogens with one attached hydrogen (secondary N) is 2. The number of esters is 4. The number of hydrogen-bond donors (Lipinski definition) is 2. The molecule has 0 amide bonds. The highest BCUT2D eigenvalue weighted by atomic mass is 16.5. The second-order valence-electron chi connectivity index (χ2n) is 17.7. The van der Waals surface area contributed by atoms with Crippen molar-refractivity contribution in [2.75, 3.05) is 0 Å². The first kappa shape index (κ1) is 51.2. The molecular weight excluding hydrogens is 953 g/mol. The van der Waals surface area contributed by atoms with E-state index < -0.39 is 23.9 Å². The van der Waals surface area contributed by atoms with Crippen molar-refractivity contribution in [2.45, 2.75) is 51.4 Å². The van der Waals surface area contributed by atoms with Gasteiger partial charge in [-0.2, -0.15) is 0 Å². The molecule has 2 aliphatic heterocycles. The summed E-state index contributed by atoms with van der Waals surface area (Å²) >= 11 is 0. The van der Waals surface area contributed by atoms with Crippen LogP contribution in [-0.2, 0) is 19.2 Å². The van der Waals surface area contributed by atoms with E-state index in [1.54, 1.807) is 72.8 Å². The number of para-hydroxylation sites is 4. The molecule has 0 radical (unpaired) electrons. The average molecular weight is 1010 g/mol. The van der Waals surface area contributed by atoms with E-state index in [1.807, 2.05) is 97.1 Å². The molecule has 5 heterocycles. The first-order chi connectivity index (χ1) is 37.2. The van der Waals surface area contributed by atoms with Gasteiger partial charge in [-0.15, -0.1) is 26.3 Å². The predicted molar refractivity (Wildman–Crippen MR) is 301 cm³/mol. The van der Waals surface area contributed by atoms with Crippen LogP contribution in [0.25, 0.3) is 90.9 Å². The zero-order valence-corrected chi connectivity index (χ0v) is 41.8. The van der Waals surface area contributed by atoms with E-state index in [0.29, 0.717) is 138 Å². The van der Waals surface area contributed by atoms with Crippen LogP contribution in [0.3, 0.4) is 0 Å². The van der Waals surface area contributed by atoms with E-state index in [2.05, 4.69) is 36.3 Å². The van der Waals surface area contributed by atoms with E-state index in [1.165, 1.54) is 0 Å². The maximum absolute atomic E-state index is 13.3. The van der Waals surface area contributed by atoms with E-state index >= 15 is 0 Å². The molecule has 3 aromatic heterocycles. The van der Waals surface area contributed by atoms with Crippen LogP contribution in [-0.4, -0.2) is 43.8 Å². The third-order valence-electron chi connectivity index (χ3n) is 12.5. The second kappa shape index (κ2) is 23.9. The fourth-order valence-corrected chi connectivity index (χ4v) is 8.96. The summed E-state index contributed by atoms with van der Waals surface area (Å²) in [6.45, 7) is 15.1. The smallest absolute Gasteiger partial charge is 0.311 e. The number of nitrogens with zero attached hydrogens (tertiary/aromatic N) is 2. The molecule has 378 valence electrons. The molecule has 0 aliphatic carbocycles. The zero-order valence-electron chi connectivity index (χ0n) is 41.8. The van der Waals surface area contributed by atoms with Crippen molar-refractivity contribution >= 4 is 70.2 Å². The lowest BCUT2D eigenvalue weighted by molar-refractivity contribution is -0.135. The van der Waals surface area contributed by atoms with Crippen LogP contribution in [0, 0.1) is 0 Å². The van der Waals surface area contributed by atoms with Crippen molar-refractivity contribution in [1.29, 1.82) is 0 Å². The molecule has 12 heteroatoms. The minimum atomic E-state index is -0.431. The molecule has 2 N–H and O–H groups in total. The van der Waals surface area contributed by atoms with Gasteiger partial charge in [0.2, 0.25) is 0 Å². The number of allylic oxidation sites excluding steroid dienone is 4. The molecule has 4 aromatic carbocycles. The molecule has 0 fully saturated rings. The molecule has 8 bridgehead atoms. The highest BCUT2D eigenvalue weighted by molar-refractivity contribution is 6.02. The van der Waals surface area contributed by atoms with Gasteiger partial charge in [0, 0.05) is 92.3 Å². The van der Waals surface area contributed by atoms with Crippen molar-refractivity contribution in [2.24, 2.45) is 0 Å². The minimum absolute atomic E-state index is 0.128. The van der Waals surface area contributed by atoms with Crippen LogP contribution in [0.15, 0.2) is 172 Å². The quantitative estimate of drug-likeness (QED) is 0.0427. The molecule has 2 aliphatic rings. The van der Waals surface area contributed by atoms with Gasteiger partial charge in [0.1, 0.15) is 23.0 Å². The van der Waals surface area contributed by atoms with Gasteiger partial charge in [-0.1, -0.05) is 97.1 Å². The fraction of sp³-hybridized carbons (Fsp3) is 0.125. The van der Waals surface area contributed by atoms with Crippen molar-refractivity contribution in [3.05, 3.63) is 195 Å². The molecule has 0 saturated carbocycles. The zero-order chi connectivity index (χ0) is 53.0. The van der Waals surface area contributed by atoms with Gasteiger partial charge in [0.05, 0.1) is 22.8 Å². The Hall–Kier alpha value is -9.68. The maximum Gasteiger partial charge on any atom is 0.311 e. The van der Waals surface area contributed by atoms with E-state index in [4.69, 9.17) is 28.9 Å². The van der Waals surface area contributed by atoms with Gasteiger partial charge in [-0.25, -0.2) is 9.97 Å². The van der Waals surface area contributed by atoms with Crippen LogP contribution in [0.2, 0.25) is 0 Å². The molecule has 0 atom stereocenters. The van der Waals surface area contributed by atoms with Gasteiger partial charge in [0.15, 0.2) is 0 Å². The number of rotatable bonds is 20. The lowest BCUT2D eigenvalue weighted by Crippen LogP contribution is -2.08. The Morgan fingerprint density at radius 3 is 0.803 bits per heavy atom. The monoisotopic (exact) mass is 1010 g/mol. The number of aromatic amines is 2. The summed E-state index contributed by atoms with van der Waals surface area (Å²) in [5, 5.41) is 0. The Balaban J connectivity index is 1.43. The molecule has 0 unspecified atom stereocenters. The van der Waals surface area contributed by atoms with Crippen LogP contribution < -0.4 is 18.9 Å². The predicted octanol–water partition coefficient (Wildman–Crippen LogP) is 14.8. The second-order valence-corrected chi connectivity index (χ2v) is 17.7. The van der Waals surface area contributed by atoms with Crippen molar-refractivity contribution in [1.82, 2.24) is 19.9 Å². The SMILES string of the molecule is C=CCCC(=O)Oc1ccccc1-c1c2nc(c(-c3ccccc3OC(=O)CCC=C)c3ccc([nH]3)c(-c3ccccc3OC(=O)CCC=C)c3nc(c(-c4ccccc4OC(=O)CCC=C)c4ccc1[nH]4)C=C3)C=C2.